The van der Waals surface area contributed by atoms with E-state index in [0.717, 1.165) is 48.8 Å². The molecule has 1 aliphatic rings. The summed E-state index contributed by atoms with van der Waals surface area (Å²) in [5, 5.41) is 13.2. The standard InChI is InChI=1S/C24H23ClN8O2S/c1-34-19-11-26-23(20-9-15(25)13-36-20)31-22(19)30-18-10-27-32-21(18)24-28-16-3-2-14(8-17(16)29-24)12-33-4-6-35-7-5-33/h2-3,8-11,13H,4-7,12H2,1H3,(H,27,32)(H,28,29)(H,26,30,31). The number of ether oxygens (including phenoxy) is 2. The van der Waals surface area contributed by atoms with Crippen molar-refractivity contribution in [2.24, 2.45) is 0 Å². The molecule has 6 rings (SSSR count). The number of nitrogens with one attached hydrogen (secondary N) is 3. The molecule has 1 fully saturated rings. The van der Waals surface area contributed by atoms with Crippen LogP contribution >= 0.6 is 22.9 Å². The van der Waals surface area contributed by atoms with Crippen LogP contribution in [0.25, 0.3) is 33.3 Å². The summed E-state index contributed by atoms with van der Waals surface area (Å²) in [6, 6.07) is 8.15. The topological polar surface area (TPSA) is 117 Å². The van der Waals surface area contributed by atoms with Gasteiger partial charge in [0.2, 0.25) is 0 Å². The molecule has 0 saturated carbocycles. The SMILES string of the molecule is COc1cnc(-c2cc(Cl)cs2)nc1Nc1c[nH]nc1-c1nc2cc(CN3CCOCC3)ccc2[nH]1. The van der Waals surface area contributed by atoms with Gasteiger partial charge in [-0.2, -0.15) is 5.10 Å². The maximum Gasteiger partial charge on any atom is 0.179 e. The van der Waals surface area contributed by atoms with Crippen LogP contribution in [0, 0.1) is 0 Å². The average Bonchev–Trinajstić information content (AvgIpc) is 3.64. The summed E-state index contributed by atoms with van der Waals surface area (Å²) in [4.78, 5) is 20.5. The minimum absolute atomic E-state index is 0.505. The van der Waals surface area contributed by atoms with Crippen LogP contribution in [0.1, 0.15) is 5.56 Å². The number of methoxy groups -OCH3 is 1. The molecule has 0 amide bonds. The Labute approximate surface area is 215 Å². The Morgan fingerprint density at radius 3 is 2.92 bits per heavy atom. The highest BCUT2D eigenvalue weighted by Crippen LogP contribution is 2.34. The molecule has 1 aromatic carbocycles. The van der Waals surface area contributed by atoms with Crippen molar-refractivity contribution < 1.29 is 9.47 Å². The molecule has 36 heavy (non-hydrogen) atoms. The molecule has 1 aliphatic heterocycles. The van der Waals surface area contributed by atoms with Gasteiger partial charge in [0.05, 0.1) is 53.1 Å². The molecule has 0 radical (unpaired) electrons. The molecule has 5 aromatic rings. The van der Waals surface area contributed by atoms with E-state index < -0.39 is 0 Å². The third kappa shape index (κ3) is 4.65. The maximum absolute atomic E-state index is 6.09. The number of aromatic amines is 2. The van der Waals surface area contributed by atoms with Gasteiger partial charge in [0, 0.05) is 31.2 Å². The number of thiophene rings is 1. The number of fused-ring (bicyclic) bond motifs is 1. The molecule has 5 heterocycles. The summed E-state index contributed by atoms with van der Waals surface area (Å²) >= 11 is 7.57. The van der Waals surface area contributed by atoms with Gasteiger partial charge in [-0.25, -0.2) is 15.0 Å². The lowest BCUT2D eigenvalue weighted by molar-refractivity contribution is 0.0342. The van der Waals surface area contributed by atoms with Crippen molar-refractivity contribution in [1.29, 1.82) is 0 Å². The van der Waals surface area contributed by atoms with E-state index in [9.17, 15) is 0 Å². The Morgan fingerprint density at radius 2 is 2.11 bits per heavy atom. The maximum atomic E-state index is 6.09. The van der Waals surface area contributed by atoms with Crippen molar-refractivity contribution >= 4 is 45.5 Å². The van der Waals surface area contributed by atoms with Crippen molar-refractivity contribution in [3.05, 3.63) is 52.6 Å². The fourth-order valence-corrected chi connectivity index (χ4v) is 5.15. The summed E-state index contributed by atoms with van der Waals surface area (Å²) in [7, 11) is 1.58. The number of anilines is 2. The molecule has 10 nitrogen and oxygen atoms in total. The van der Waals surface area contributed by atoms with Crippen LogP contribution < -0.4 is 10.1 Å². The number of H-pyrrole nitrogens is 2. The van der Waals surface area contributed by atoms with Gasteiger partial charge < -0.3 is 19.8 Å². The zero-order valence-corrected chi connectivity index (χ0v) is 21.0. The first-order chi connectivity index (χ1) is 17.7. The molecule has 3 N–H and O–H groups in total. The zero-order valence-electron chi connectivity index (χ0n) is 19.4. The molecule has 0 atom stereocenters. The summed E-state index contributed by atoms with van der Waals surface area (Å²) in [6.45, 7) is 4.33. The highest BCUT2D eigenvalue weighted by Gasteiger charge is 2.18. The van der Waals surface area contributed by atoms with Gasteiger partial charge in [-0.15, -0.1) is 11.3 Å². The van der Waals surface area contributed by atoms with E-state index >= 15 is 0 Å². The van der Waals surface area contributed by atoms with Crippen molar-refractivity contribution in [3.63, 3.8) is 0 Å². The molecular formula is C24H23ClN8O2S. The van der Waals surface area contributed by atoms with Crippen LogP contribution in [-0.2, 0) is 11.3 Å². The van der Waals surface area contributed by atoms with Crippen LogP contribution in [0.5, 0.6) is 5.75 Å². The lowest BCUT2D eigenvalue weighted by Crippen LogP contribution is -2.35. The average molecular weight is 523 g/mol. The zero-order chi connectivity index (χ0) is 24.5. The first-order valence-corrected chi connectivity index (χ1v) is 12.7. The second kappa shape index (κ2) is 9.86. The van der Waals surface area contributed by atoms with Crippen molar-refractivity contribution in [2.75, 3.05) is 38.7 Å². The molecule has 4 aromatic heterocycles. The summed E-state index contributed by atoms with van der Waals surface area (Å²) < 4.78 is 10.9. The number of halogens is 1. The van der Waals surface area contributed by atoms with Crippen molar-refractivity contribution in [1.82, 2.24) is 35.0 Å². The fraction of sp³-hybridized carbons (Fsp3) is 0.250. The molecule has 0 bridgehead atoms. The van der Waals surface area contributed by atoms with E-state index in [1.54, 1.807) is 19.5 Å². The predicted molar refractivity (Wildman–Crippen MR) is 140 cm³/mol. The molecule has 0 aliphatic carbocycles. The number of aromatic nitrogens is 6. The van der Waals surface area contributed by atoms with Gasteiger partial charge in [0.1, 0.15) is 0 Å². The Balaban J connectivity index is 1.28. The van der Waals surface area contributed by atoms with Crippen LogP contribution in [0.4, 0.5) is 11.5 Å². The number of hydrogen-bond donors (Lipinski definition) is 3. The molecule has 1 saturated heterocycles. The van der Waals surface area contributed by atoms with Gasteiger partial charge in [-0.05, 0) is 23.8 Å². The van der Waals surface area contributed by atoms with Gasteiger partial charge in [0.15, 0.2) is 28.9 Å². The monoisotopic (exact) mass is 522 g/mol. The van der Waals surface area contributed by atoms with Gasteiger partial charge in [-0.3, -0.25) is 10.00 Å². The Hall–Kier alpha value is -3.51. The predicted octanol–water partition coefficient (Wildman–Crippen LogP) is 4.71. The minimum Gasteiger partial charge on any atom is -0.491 e. The van der Waals surface area contributed by atoms with Crippen LogP contribution in [0.15, 0.2) is 42.0 Å². The van der Waals surface area contributed by atoms with Crippen molar-refractivity contribution in [2.45, 2.75) is 6.54 Å². The Kier molecular flexibility index (Phi) is 6.28. The summed E-state index contributed by atoms with van der Waals surface area (Å²) in [5.74, 6) is 2.22. The first kappa shape index (κ1) is 22.9. The largest absolute Gasteiger partial charge is 0.491 e. The Bertz CT molecular complexity index is 1510. The van der Waals surface area contributed by atoms with Crippen LogP contribution in [-0.4, -0.2) is 68.4 Å². The second-order valence-electron chi connectivity index (χ2n) is 8.34. The van der Waals surface area contributed by atoms with E-state index in [1.807, 2.05) is 11.4 Å². The first-order valence-electron chi connectivity index (χ1n) is 11.4. The fourth-order valence-electron chi connectivity index (χ4n) is 4.13. The van der Waals surface area contributed by atoms with Crippen molar-refractivity contribution in [3.8, 4) is 28.0 Å². The number of rotatable bonds is 7. The number of imidazole rings is 1. The summed E-state index contributed by atoms with van der Waals surface area (Å²) in [5.41, 5.74) is 4.40. The number of nitrogens with zero attached hydrogens (tertiary/aromatic N) is 5. The van der Waals surface area contributed by atoms with Gasteiger partial charge in [-0.1, -0.05) is 17.7 Å². The quantitative estimate of drug-likeness (QED) is 0.281. The van der Waals surface area contributed by atoms with Crippen LogP contribution in [0.3, 0.4) is 0 Å². The third-order valence-corrected chi connectivity index (χ3v) is 7.21. The number of benzene rings is 1. The minimum atomic E-state index is 0.505. The molecule has 0 unspecified atom stereocenters. The molecule has 0 spiro atoms. The smallest absolute Gasteiger partial charge is 0.179 e. The normalized spacial score (nSPS) is 14.4. The van der Waals surface area contributed by atoms with E-state index in [4.69, 9.17) is 26.1 Å². The Morgan fingerprint density at radius 1 is 1.22 bits per heavy atom. The van der Waals surface area contributed by atoms with E-state index in [0.29, 0.717) is 39.6 Å². The third-order valence-electron chi connectivity index (χ3n) is 5.94. The lowest BCUT2D eigenvalue weighted by Gasteiger charge is -2.26. The molecule has 184 valence electrons. The number of hydrogen-bond acceptors (Lipinski definition) is 9. The molecule has 12 heteroatoms. The second-order valence-corrected chi connectivity index (χ2v) is 9.69. The molecular weight excluding hydrogens is 500 g/mol. The van der Waals surface area contributed by atoms with Gasteiger partial charge in [0.25, 0.3) is 0 Å². The lowest BCUT2D eigenvalue weighted by atomic mass is 10.2. The van der Waals surface area contributed by atoms with Gasteiger partial charge >= 0.3 is 0 Å². The van der Waals surface area contributed by atoms with E-state index in [-0.39, 0.29) is 0 Å². The summed E-state index contributed by atoms with van der Waals surface area (Å²) in [6.07, 6.45) is 3.39. The van der Waals surface area contributed by atoms with Crippen LogP contribution in [0.2, 0.25) is 5.02 Å². The number of morpholine rings is 1. The highest BCUT2D eigenvalue weighted by atomic mass is 35.5. The van der Waals surface area contributed by atoms with E-state index in [2.05, 4.69) is 53.6 Å². The highest BCUT2D eigenvalue weighted by molar-refractivity contribution is 7.14. The van der Waals surface area contributed by atoms with E-state index in [1.165, 1.54) is 16.9 Å².